The van der Waals surface area contributed by atoms with Crippen LogP contribution < -0.4 is 5.32 Å². The Hall–Kier alpha value is -1.13. The number of nitrogens with zero attached hydrogens (tertiary/aromatic N) is 1. The van der Waals surface area contributed by atoms with Crippen LogP contribution in [0.2, 0.25) is 5.02 Å². The van der Waals surface area contributed by atoms with Crippen LogP contribution in [0.5, 0.6) is 0 Å². The van der Waals surface area contributed by atoms with Gasteiger partial charge in [0.15, 0.2) is 0 Å². The second-order valence-electron chi connectivity index (χ2n) is 5.75. The third kappa shape index (κ3) is 3.55. The topological polar surface area (TPSA) is 32.3 Å². The van der Waals surface area contributed by atoms with Crippen molar-refractivity contribution in [2.75, 3.05) is 19.6 Å². The largest absolute Gasteiger partial charge is 0.345 e. The third-order valence-electron chi connectivity index (χ3n) is 4.16. The van der Waals surface area contributed by atoms with Crippen LogP contribution in [-0.4, -0.2) is 36.0 Å². The Morgan fingerprint density at radius 2 is 2.00 bits per heavy atom. The number of aryl methyl sites for hydroxylation is 1. The van der Waals surface area contributed by atoms with Crippen LogP contribution in [0.1, 0.15) is 42.6 Å². The van der Waals surface area contributed by atoms with Crippen LogP contribution in [0.25, 0.3) is 0 Å². The van der Waals surface area contributed by atoms with E-state index < -0.39 is 11.7 Å². The molecule has 0 heterocycles. The first-order valence-electron chi connectivity index (χ1n) is 7.42. The smallest absolute Gasteiger partial charge is 0.256 e. The maximum absolute atomic E-state index is 13.9. The second-order valence-corrected chi connectivity index (χ2v) is 6.13. The predicted octanol–water partition coefficient (Wildman–Crippen LogP) is 3.39. The van der Waals surface area contributed by atoms with Gasteiger partial charge in [0.1, 0.15) is 5.82 Å². The lowest BCUT2D eigenvalue weighted by atomic mass is 10.1. The lowest BCUT2D eigenvalue weighted by Crippen LogP contribution is -2.46. The van der Waals surface area contributed by atoms with E-state index >= 15 is 0 Å². The fraction of sp³-hybridized carbons (Fsp3) is 0.562. The van der Waals surface area contributed by atoms with Crippen molar-refractivity contribution < 1.29 is 9.18 Å². The molecule has 1 aromatic rings. The van der Waals surface area contributed by atoms with Gasteiger partial charge in [0, 0.05) is 6.54 Å². The van der Waals surface area contributed by atoms with E-state index in [-0.39, 0.29) is 16.1 Å². The minimum absolute atomic E-state index is 0.0394. The molecule has 21 heavy (non-hydrogen) atoms. The van der Waals surface area contributed by atoms with E-state index in [1.807, 2.05) is 0 Å². The summed E-state index contributed by atoms with van der Waals surface area (Å²) >= 11 is 6.09. The number of amides is 1. The zero-order valence-electron chi connectivity index (χ0n) is 12.8. The molecule has 1 saturated carbocycles. The SMILES string of the molecule is CCN(CC)CC1(NC(=O)c2c(F)ccc(C)c2Cl)CC1. The summed E-state index contributed by atoms with van der Waals surface area (Å²) in [6, 6.07) is 2.87. The highest BCUT2D eigenvalue weighted by Gasteiger charge is 2.45. The highest BCUT2D eigenvalue weighted by atomic mass is 35.5. The molecule has 5 heteroatoms. The Labute approximate surface area is 130 Å². The zero-order chi connectivity index (χ0) is 15.6. The molecule has 1 fully saturated rings. The van der Waals surface area contributed by atoms with Gasteiger partial charge in [0.05, 0.1) is 16.1 Å². The Morgan fingerprint density at radius 3 is 2.52 bits per heavy atom. The number of hydrogen-bond acceptors (Lipinski definition) is 2. The number of nitrogens with one attached hydrogen (secondary N) is 1. The summed E-state index contributed by atoms with van der Waals surface area (Å²) in [4.78, 5) is 14.7. The Morgan fingerprint density at radius 1 is 1.38 bits per heavy atom. The van der Waals surface area contributed by atoms with E-state index in [1.54, 1.807) is 13.0 Å². The van der Waals surface area contributed by atoms with Crippen molar-refractivity contribution in [2.45, 2.75) is 39.2 Å². The molecule has 1 amide bonds. The van der Waals surface area contributed by atoms with Crippen molar-refractivity contribution in [3.63, 3.8) is 0 Å². The average molecular weight is 313 g/mol. The molecule has 0 bridgehead atoms. The van der Waals surface area contributed by atoms with Crippen molar-refractivity contribution in [2.24, 2.45) is 0 Å². The molecular weight excluding hydrogens is 291 g/mol. The lowest BCUT2D eigenvalue weighted by Gasteiger charge is -2.26. The summed E-state index contributed by atoms with van der Waals surface area (Å²) in [5.41, 5.74) is 0.446. The average Bonchev–Trinajstić information content (AvgIpc) is 3.20. The maximum Gasteiger partial charge on any atom is 0.256 e. The number of hydrogen-bond donors (Lipinski definition) is 1. The van der Waals surface area contributed by atoms with Gasteiger partial charge in [-0.15, -0.1) is 0 Å². The number of benzene rings is 1. The van der Waals surface area contributed by atoms with E-state index in [9.17, 15) is 9.18 Å². The molecule has 0 spiro atoms. The molecule has 0 atom stereocenters. The van der Waals surface area contributed by atoms with E-state index in [4.69, 9.17) is 11.6 Å². The van der Waals surface area contributed by atoms with Crippen molar-refractivity contribution in [1.82, 2.24) is 10.2 Å². The molecule has 0 unspecified atom stereocenters. The molecule has 0 aromatic heterocycles. The van der Waals surface area contributed by atoms with E-state index in [2.05, 4.69) is 24.1 Å². The van der Waals surface area contributed by atoms with Crippen LogP contribution in [0.3, 0.4) is 0 Å². The van der Waals surface area contributed by atoms with Crippen LogP contribution in [0.15, 0.2) is 12.1 Å². The first-order chi connectivity index (χ1) is 9.92. The van der Waals surface area contributed by atoms with Gasteiger partial charge in [-0.3, -0.25) is 4.79 Å². The first-order valence-corrected chi connectivity index (χ1v) is 7.79. The number of carbonyl (C=O) groups excluding carboxylic acids is 1. The van der Waals surface area contributed by atoms with Crippen molar-refractivity contribution >= 4 is 17.5 Å². The second kappa shape index (κ2) is 6.32. The van der Waals surface area contributed by atoms with E-state index in [0.29, 0.717) is 5.56 Å². The highest BCUT2D eigenvalue weighted by molar-refractivity contribution is 6.34. The number of halogens is 2. The lowest BCUT2D eigenvalue weighted by molar-refractivity contribution is 0.0914. The van der Waals surface area contributed by atoms with Crippen molar-refractivity contribution in [1.29, 1.82) is 0 Å². The van der Waals surface area contributed by atoms with E-state index in [1.165, 1.54) is 6.07 Å². The molecule has 0 radical (unpaired) electrons. The fourth-order valence-electron chi connectivity index (χ4n) is 2.52. The van der Waals surface area contributed by atoms with Crippen LogP contribution in [-0.2, 0) is 0 Å². The van der Waals surface area contributed by atoms with Crippen LogP contribution in [0, 0.1) is 12.7 Å². The fourth-order valence-corrected chi connectivity index (χ4v) is 2.76. The molecule has 0 aliphatic heterocycles. The molecule has 1 aromatic carbocycles. The van der Waals surface area contributed by atoms with Crippen molar-refractivity contribution in [3.05, 3.63) is 34.1 Å². The van der Waals surface area contributed by atoms with Gasteiger partial charge in [0.2, 0.25) is 0 Å². The summed E-state index contributed by atoms with van der Waals surface area (Å²) in [6.07, 6.45) is 1.86. The number of likely N-dealkylation sites (N-methyl/N-ethyl adjacent to an activating group) is 1. The minimum atomic E-state index is -0.568. The number of rotatable bonds is 6. The Bertz CT molecular complexity index is 539. The van der Waals surface area contributed by atoms with Gasteiger partial charge in [-0.25, -0.2) is 4.39 Å². The van der Waals surface area contributed by atoms with Gasteiger partial charge in [-0.05, 0) is 44.5 Å². The minimum Gasteiger partial charge on any atom is -0.345 e. The summed E-state index contributed by atoms with van der Waals surface area (Å²) in [6.45, 7) is 8.64. The van der Waals surface area contributed by atoms with Gasteiger partial charge < -0.3 is 10.2 Å². The van der Waals surface area contributed by atoms with Gasteiger partial charge in [-0.2, -0.15) is 0 Å². The summed E-state index contributed by atoms with van der Waals surface area (Å²) in [5, 5.41) is 3.19. The van der Waals surface area contributed by atoms with E-state index in [0.717, 1.165) is 32.5 Å². The molecule has 0 saturated heterocycles. The normalized spacial score (nSPS) is 16.1. The maximum atomic E-state index is 13.9. The highest BCUT2D eigenvalue weighted by Crippen LogP contribution is 2.37. The molecule has 116 valence electrons. The summed E-state index contributed by atoms with van der Waals surface area (Å²) in [5.74, 6) is -0.979. The van der Waals surface area contributed by atoms with Crippen LogP contribution in [0.4, 0.5) is 4.39 Å². The predicted molar refractivity (Wildman–Crippen MR) is 83.4 cm³/mol. The molecule has 2 rings (SSSR count). The first kappa shape index (κ1) is 16.2. The quantitative estimate of drug-likeness (QED) is 0.873. The Balaban J connectivity index is 2.14. The van der Waals surface area contributed by atoms with Crippen LogP contribution >= 0.6 is 11.6 Å². The summed E-state index contributed by atoms with van der Waals surface area (Å²) < 4.78 is 13.9. The molecule has 3 nitrogen and oxygen atoms in total. The summed E-state index contributed by atoms with van der Waals surface area (Å²) in [7, 11) is 0. The number of carbonyl (C=O) groups is 1. The molecule has 1 N–H and O–H groups in total. The standard InChI is InChI=1S/C16H22ClFN2O/c1-4-20(5-2)10-16(8-9-16)19-15(21)13-12(18)7-6-11(3)14(13)17/h6-7H,4-5,8-10H2,1-3H3,(H,19,21). The van der Waals surface area contributed by atoms with Gasteiger partial charge >= 0.3 is 0 Å². The zero-order valence-corrected chi connectivity index (χ0v) is 13.6. The molecule has 1 aliphatic rings. The Kier molecular flexibility index (Phi) is 4.89. The monoisotopic (exact) mass is 312 g/mol. The van der Waals surface area contributed by atoms with Crippen molar-refractivity contribution in [3.8, 4) is 0 Å². The molecular formula is C16H22ClFN2O. The molecule has 1 aliphatic carbocycles. The van der Waals surface area contributed by atoms with Gasteiger partial charge in [-0.1, -0.05) is 31.5 Å². The third-order valence-corrected chi connectivity index (χ3v) is 4.65. The van der Waals surface area contributed by atoms with Gasteiger partial charge in [0.25, 0.3) is 5.91 Å².